The Morgan fingerprint density at radius 1 is 1.38 bits per heavy atom. The lowest BCUT2D eigenvalue weighted by molar-refractivity contribution is -0.122. The molecule has 1 aromatic carbocycles. The number of amides is 1. The molecular weight excluding hydrogens is 224 g/mol. The van der Waals surface area contributed by atoms with E-state index in [-0.39, 0.29) is 24.4 Å². The molecule has 3 nitrogen and oxygen atoms in total. The molecule has 88 valence electrons. The minimum Gasteiger partial charge on any atom is -0.368 e. The molecule has 1 aliphatic heterocycles. The van der Waals surface area contributed by atoms with Crippen LogP contribution in [0.3, 0.4) is 0 Å². The molecule has 16 heavy (non-hydrogen) atoms. The Bertz CT molecular complexity index is 342. The highest BCUT2D eigenvalue weighted by Gasteiger charge is 2.28. The number of likely N-dealkylation sites (tertiary alicyclic amines) is 1. The zero-order valence-electron chi connectivity index (χ0n) is 9.13. The lowest BCUT2D eigenvalue weighted by Crippen LogP contribution is -2.39. The minimum absolute atomic E-state index is 0. The molecule has 1 heterocycles. The van der Waals surface area contributed by atoms with E-state index in [1.54, 1.807) is 0 Å². The van der Waals surface area contributed by atoms with Gasteiger partial charge in [0.15, 0.2) is 0 Å². The fourth-order valence-corrected chi connectivity index (χ4v) is 2.16. The molecule has 4 heteroatoms. The van der Waals surface area contributed by atoms with Crippen molar-refractivity contribution in [1.82, 2.24) is 4.90 Å². The van der Waals surface area contributed by atoms with Crippen LogP contribution in [-0.2, 0) is 11.3 Å². The van der Waals surface area contributed by atoms with Gasteiger partial charge in [-0.3, -0.25) is 9.69 Å². The number of halogens is 1. The summed E-state index contributed by atoms with van der Waals surface area (Å²) in [7, 11) is 0. The topological polar surface area (TPSA) is 46.3 Å². The summed E-state index contributed by atoms with van der Waals surface area (Å²) in [6.07, 6.45) is 1.97. The average molecular weight is 241 g/mol. The van der Waals surface area contributed by atoms with Crippen molar-refractivity contribution >= 4 is 18.3 Å². The number of carbonyl (C=O) groups excluding carboxylic acids is 1. The van der Waals surface area contributed by atoms with Crippen LogP contribution in [0.5, 0.6) is 0 Å². The smallest absolute Gasteiger partial charge is 0.234 e. The van der Waals surface area contributed by atoms with E-state index < -0.39 is 0 Å². The van der Waals surface area contributed by atoms with Crippen LogP contribution in [0, 0.1) is 0 Å². The lowest BCUT2D eigenvalue weighted by Gasteiger charge is -2.21. The van der Waals surface area contributed by atoms with E-state index in [1.165, 1.54) is 5.56 Å². The summed E-state index contributed by atoms with van der Waals surface area (Å²) in [5.74, 6) is -0.191. The Balaban J connectivity index is 0.00000128. The van der Waals surface area contributed by atoms with Gasteiger partial charge in [0.25, 0.3) is 0 Å². The second-order valence-corrected chi connectivity index (χ2v) is 4.02. The summed E-state index contributed by atoms with van der Waals surface area (Å²) in [4.78, 5) is 13.3. The number of nitrogens with two attached hydrogens (primary N) is 1. The monoisotopic (exact) mass is 240 g/mol. The first-order chi connectivity index (χ1) is 7.27. The van der Waals surface area contributed by atoms with E-state index in [1.807, 2.05) is 18.2 Å². The first kappa shape index (κ1) is 13.0. The summed E-state index contributed by atoms with van der Waals surface area (Å²) < 4.78 is 0. The van der Waals surface area contributed by atoms with Crippen LogP contribution >= 0.6 is 12.4 Å². The maximum atomic E-state index is 11.2. The molecule has 2 rings (SSSR count). The second kappa shape index (κ2) is 5.87. The summed E-state index contributed by atoms with van der Waals surface area (Å²) in [5, 5.41) is 0. The fourth-order valence-electron chi connectivity index (χ4n) is 2.16. The molecule has 1 aromatic rings. The predicted octanol–water partition coefficient (Wildman–Crippen LogP) is 1.56. The molecular formula is C12H17ClN2O. The Labute approximate surface area is 102 Å². The van der Waals surface area contributed by atoms with Crippen molar-refractivity contribution in [2.24, 2.45) is 5.73 Å². The third-order valence-electron chi connectivity index (χ3n) is 2.92. The Hall–Kier alpha value is -1.06. The van der Waals surface area contributed by atoms with Crippen LogP contribution in [0.15, 0.2) is 30.3 Å². The molecule has 0 saturated carbocycles. The zero-order valence-corrected chi connectivity index (χ0v) is 9.95. The Morgan fingerprint density at radius 3 is 2.69 bits per heavy atom. The molecule has 1 aliphatic rings. The van der Waals surface area contributed by atoms with Crippen LogP contribution in [0.2, 0.25) is 0 Å². The van der Waals surface area contributed by atoms with Crippen LogP contribution in [0.4, 0.5) is 0 Å². The van der Waals surface area contributed by atoms with E-state index in [9.17, 15) is 4.79 Å². The Kier molecular flexibility index (Phi) is 4.77. The van der Waals surface area contributed by atoms with Gasteiger partial charge in [0, 0.05) is 6.54 Å². The zero-order chi connectivity index (χ0) is 10.7. The van der Waals surface area contributed by atoms with Crippen molar-refractivity contribution in [3.63, 3.8) is 0 Å². The summed E-state index contributed by atoms with van der Waals surface area (Å²) in [6, 6.07) is 10.1. The number of benzene rings is 1. The van der Waals surface area contributed by atoms with Gasteiger partial charge in [-0.25, -0.2) is 0 Å². The van der Waals surface area contributed by atoms with Gasteiger partial charge in [-0.2, -0.15) is 0 Å². The van der Waals surface area contributed by atoms with Gasteiger partial charge in [0.05, 0.1) is 6.04 Å². The van der Waals surface area contributed by atoms with E-state index in [0.29, 0.717) is 0 Å². The highest BCUT2D eigenvalue weighted by Crippen LogP contribution is 2.19. The minimum atomic E-state index is -0.191. The van der Waals surface area contributed by atoms with E-state index >= 15 is 0 Å². The highest BCUT2D eigenvalue weighted by atomic mass is 35.5. The summed E-state index contributed by atoms with van der Waals surface area (Å²) >= 11 is 0. The van der Waals surface area contributed by atoms with Gasteiger partial charge in [0.1, 0.15) is 0 Å². The van der Waals surface area contributed by atoms with Gasteiger partial charge in [-0.15, -0.1) is 12.4 Å². The molecule has 0 aromatic heterocycles. The first-order valence-corrected chi connectivity index (χ1v) is 5.34. The Morgan fingerprint density at radius 2 is 2.06 bits per heavy atom. The normalized spacial score (nSPS) is 20.4. The molecule has 1 amide bonds. The maximum absolute atomic E-state index is 11.2. The quantitative estimate of drug-likeness (QED) is 0.872. The molecule has 2 N–H and O–H groups in total. The molecule has 0 bridgehead atoms. The number of primary amides is 1. The number of carbonyl (C=O) groups is 1. The molecule has 1 unspecified atom stereocenters. The number of hydrogen-bond donors (Lipinski definition) is 1. The number of hydrogen-bond acceptors (Lipinski definition) is 2. The van der Waals surface area contributed by atoms with Crippen molar-refractivity contribution in [1.29, 1.82) is 0 Å². The molecule has 1 fully saturated rings. The third kappa shape index (κ3) is 2.97. The van der Waals surface area contributed by atoms with Crippen molar-refractivity contribution in [3.8, 4) is 0 Å². The summed E-state index contributed by atoms with van der Waals surface area (Å²) in [6.45, 7) is 1.80. The fraction of sp³-hybridized carbons (Fsp3) is 0.417. The van der Waals surface area contributed by atoms with E-state index in [4.69, 9.17) is 5.73 Å². The number of rotatable bonds is 3. The predicted molar refractivity (Wildman–Crippen MR) is 66.3 cm³/mol. The van der Waals surface area contributed by atoms with Crippen molar-refractivity contribution in [2.45, 2.75) is 25.4 Å². The van der Waals surface area contributed by atoms with Crippen molar-refractivity contribution in [3.05, 3.63) is 35.9 Å². The summed E-state index contributed by atoms with van der Waals surface area (Å²) in [5.41, 5.74) is 6.60. The molecule has 0 radical (unpaired) electrons. The van der Waals surface area contributed by atoms with Crippen LogP contribution in [-0.4, -0.2) is 23.4 Å². The van der Waals surface area contributed by atoms with Gasteiger partial charge in [-0.1, -0.05) is 30.3 Å². The lowest BCUT2D eigenvalue weighted by atomic mass is 10.2. The van der Waals surface area contributed by atoms with Gasteiger partial charge in [-0.05, 0) is 24.9 Å². The van der Waals surface area contributed by atoms with Gasteiger partial charge >= 0.3 is 0 Å². The molecule has 0 spiro atoms. The molecule has 0 aliphatic carbocycles. The molecule has 1 atom stereocenters. The van der Waals surface area contributed by atoms with Gasteiger partial charge in [0.2, 0.25) is 5.91 Å². The third-order valence-corrected chi connectivity index (χ3v) is 2.92. The number of nitrogens with zero attached hydrogens (tertiary/aromatic N) is 1. The van der Waals surface area contributed by atoms with Crippen LogP contribution in [0.25, 0.3) is 0 Å². The SMILES string of the molecule is Cl.NC(=O)C1CCCN1Cc1ccccc1. The van der Waals surface area contributed by atoms with Crippen LogP contribution in [0.1, 0.15) is 18.4 Å². The van der Waals surface area contributed by atoms with E-state index in [0.717, 1.165) is 25.9 Å². The maximum Gasteiger partial charge on any atom is 0.234 e. The van der Waals surface area contributed by atoms with Crippen molar-refractivity contribution in [2.75, 3.05) is 6.54 Å². The highest BCUT2D eigenvalue weighted by molar-refractivity contribution is 5.85. The van der Waals surface area contributed by atoms with Gasteiger partial charge < -0.3 is 5.73 Å². The van der Waals surface area contributed by atoms with Crippen LogP contribution < -0.4 is 5.73 Å². The van der Waals surface area contributed by atoms with Crippen molar-refractivity contribution < 1.29 is 4.79 Å². The van der Waals surface area contributed by atoms with E-state index in [2.05, 4.69) is 17.0 Å². The standard InChI is InChI=1S/C12H16N2O.ClH/c13-12(15)11-7-4-8-14(11)9-10-5-2-1-3-6-10;/h1-3,5-6,11H,4,7-9H2,(H2,13,15);1H. The largest absolute Gasteiger partial charge is 0.368 e. The molecule has 1 saturated heterocycles. The first-order valence-electron chi connectivity index (χ1n) is 5.34. The second-order valence-electron chi connectivity index (χ2n) is 4.02. The average Bonchev–Trinajstić information content (AvgIpc) is 2.67.